The van der Waals surface area contributed by atoms with Crippen LogP contribution in [0.4, 0.5) is 0 Å². The standard InChI is InChI=1S/C21H47O2SSi.ClH/c1-6-8-10-11-12-13-14-15-16-17-18-24(5)19-21-25(22-3,23-4)20-9-7-2;/h6-21H2,1-5H3;1H/q+1;/p-1. The van der Waals surface area contributed by atoms with Gasteiger partial charge in [0.15, 0.2) is 0 Å². The molecule has 0 aliphatic carbocycles. The van der Waals surface area contributed by atoms with E-state index in [0.29, 0.717) is 10.9 Å². The fourth-order valence-electron chi connectivity index (χ4n) is 3.33. The summed E-state index contributed by atoms with van der Waals surface area (Å²) < 4.78 is 11.7. The van der Waals surface area contributed by atoms with Crippen molar-refractivity contribution in [3.63, 3.8) is 0 Å². The molecule has 0 bridgehead atoms. The Balaban J connectivity index is 0. The topological polar surface area (TPSA) is 18.5 Å². The molecule has 0 fully saturated rings. The molecule has 0 N–H and O–H groups in total. The first kappa shape index (κ1) is 29.0. The van der Waals surface area contributed by atoms with Gasteiger partial charge in [0.05, 0.1) is 6.26 Å². The summed E-state index contributed by atoms with van der Waals surface area (Å²) in [5.41, 5.74) is 0. The van der Waals surface area contributed by atoms with Gasteiger partial charge in [0.2, 0.25) is 0 Å². The second-order valence-electron chi connectivity index (χ2n) is 7.54. The first-order chi connectivity index (χ1) is 12.1. The minimum absolute atomic E-state index is 0. The van der Waals surface area contributed by atoms with Gasteiger partial charge in [0.25, 0.3) is 0 Å². The molecule has 0 aromatic carbocycles. The van der Waals surface area contributed by atoms with Crippen molar-refractivity contribution >= 4 is 19.5 Å². The predicted molar refractivity (Wildman–Crippen MR) is 119 cm³/mol. The fourth-order valence-corrected chi connectivity index (χ4v) is 8.99. The van der Waals surface area contributed by atoms with Crippen LogP contribution in [0.25, 0.3) is 0 Å². The number of hydrogen-bond acceptors (Lipinski definition) is 2. The minimum atomic E-state index is -1.90. The van der Waals surface area contributed by atoms with E-state index in [9.17, 15) is 0 Å². The second-order valence-corrected chi connectivity index (χ2v) is 13.6. The van der Waals surface area contributed by atoms with Crippen LogP contribution in [0.5, 0.6) is 0 Å². The molecule has 0 saturated heterocycles. The molecular formula is C21H47ClO2SSi. The highest BCUT2D eigenvalue weighted by Crippen LogP contribution is 2.22. The van der Waals surface area contributed by atoms with Crippen molar-refractivity contribution in [2.24, 2.45) is 0 Å². The molecule has 0 radical (unpaired) electrons. The van der Waals surface area contributed by atoms with Gasteiger partial charge in [-0.25, -0.2) is 0 Å². The van der Waals surface area contributed by atoms with Gasteiger partial charge >= 0.3 is 8.56 Å². The predicted octanol–water partition coefficient (Wildman–Crippen LogP) is 3.69. The van der Waals surface area contributed by atoms with Crippen LogP contribution in [0.15, 0.2) is 0 Å². The molecule has 1 unspecified atom stereocenters. The smallest absolute Gasteiger partial charge is 0.342 e. The van der Waals surface area contributed by atoms with Crippen molar-refractivity contribution in [2.75, 3.05) is 32.0 Å². The van der Waals surface area contributed by atoms with Crippen molar-refractivity contribution < 1.29 is 21.3 Å². The zero-order chi connectivity index (χ0) is 18.8. The van der Waals surface area contributed by atoms with E-state index in [1.165, 1.54) is 94.6 Å². The Morgan fingerprint density at radius 1 is 0.615 bits per heavy atom. The lowest BCUT2D eigenvalue weighted by atomic mass is 10.1. The summed E-state index contributed by atoms with van der Waals surface area (Å²) in [6.45, 7) is 4.54. The summed E-state index contributed by atoms with van der Waals surface area (Å²) in [5.74, 6) is 2.71. The Morgan fingerprint density at radius 3 is 1.54 bits per heavy atom. The van der Waals surface area contributed by atoms with Crippen molar-refractivity contribution in [3.05, 3.63) is 0 Å². The SMILES string of the molecule is CCCCCCCCCCCC[S+](C)CC[Si](CCCC)(OC)OC.[Cl-]. The molecular weight excluding hydrogens is 380 g/mol. The Hall–Kier alpha value is 0.777. The van der Waals surface area contributed by atoms with Gasteiger partial charge in [-0.05, 0) is 29.8 Å². The molecule has 5 heteroatoms. The van der Waals surface area contributed by atoms with Crippen LogP contribution in [-0.4, -0.2) is 40.5 Å². The van der Waals surface area contributed by atoms with Gasteiger partial charge in [-0.3, -0.25) is 0 Å². The molecule has 0 heterocycles. The molecule has 26 heavy (non-hydrogen) atoms. The Labute approximate surface area is 175 Å². The number of halogens is 1. The van der Waals surface area contributed by atoms with Crippen LogP contribution in [0.1, 0.15) is 90.9 Å². The lowest BCUT2D eigenvalue weighted by Crippen LogP contribution is -3.00. The quantitative estimate of drug-likeness (QED) is 0.178. The molecule has 1 atom stereocenters. The first-order valence-corrected chi connectivity index (χ1v) is 15.0. The number of rotatable bonds is 19. The van der Waals surface area contributed by atoms with E-state index in [1.54, 1.807) is 0 Å². The van der Waals surface area contributed by atoms with Crippen LogP contribution in [0, 0.1) is 0 Å². The monoisotopic (exact) mass is 426 g/mol. The zero-order valence-electron chi connectivity index (χ0n) is 18.4. The number of unbranched alkanes of at least 4 members (excludes halogenated alkanes) is 10. The van der Waals surface area contributed by atoms with Crippen LogP contribution in [-0.2, 0) is 19.7 Å². The summed E-state index contributed by atoms with van der Waals surface area (Å²) >= 11 is 0. The van der Waals surface area contributed by atoms with Gasteiger partial charge in [-0.15, -0.1) is 0 Å². The van der Waals surface area contributed by atoms with E-state index >= 15 is 0 Å². The molecule has 0 aliphatic heterocycles. The fraction of sp³-hybridized carbons (Fsp3) is 1.00. The van der Waals surface area contributed by atoms with Gasteiger partial charge in [-0.1, -0.05) is 78.1 Å². The lowest BCUT2D eigenvalue weighted by molar-refractivity contribution is -0.00000735. The van der Waals surface area contributed by atoms with Crippen molar-refractivity contribution in [2.45, 2.75) is 103 Å². The summed E-state index contributed by atoms with van der Waals surface area (Å²) in [4.78, 5) is 0. The molecule has 160 valence electrons. The highest BCUT2D eigenvalue weighted by Gasteiger charge is 2.36. The van der Waals surface area contributed by atoms with Crippen LogP contribution in [0.2, 0.25) is 12.1 Å². The Bertz CT molecular complexity index is 279. The molecule has 0 rings (SSSR count). The van der Waals surface area contributed by atoms with Crippen molar-refractivity contribution in [1.82, 2.24) is 0 Å². The first-order valence-electron chi connectivity index (χ1n) is 10.8. The van der Waals surface area contributed by atoms with Crippen LogP contribution < -0.4 is 12.4 Å². The van der Waals surface area contributed by atoms with E-state index in [4.69, 9.17) is 8.85 Å². The van der Waals surface area contributed by atoms with Gasteiger partial charge in [0, 0.05) is 20.3 Å². The summed E-state index contributed by atoms with van der Waals surface area (Å²) in [7, 11) is 2.36. The minimum Gasteiger partial charge on any atom is -1.00 e. The van der Waals surface area contributed by atoms with E-state index < -0.39 is 8.56 Å². The van der Waals surface area contributed by atoms with E-state index in [1.807, 2.05) is 14.2 Å². The maximum absolute atomic E-state index is 5.87. The highest BCUT2D eigenvalue weighted by molar-refractivity contribution is 7.96. The summed E-state index contributed by atoms with van der Waals surface area (Å²) in [6, 6.07) is 2.34. The molecule has 0 spiro atoms. The maximum Gasteiger partial charge on any atom is 0.342 e. The molecule has 2 nitrogen and oxygen atoms in total. The van der Waals surface area contributed by atoms with Gasteiger partial charge < -0.3 is 21.3 Å². The Kier molecular flexibility index (Phi) is 22.9. The Morgan fingerprint density at radius 2 is 1.08 bits per heavy atom. The summed E-state index contributed by atoms with van der Waals surface area (Å²) in [5, 5.41) is 0. The van der Waals surface area contributed by atoms with Crippen molar-refractivity contribution in [3.8, 4) is 0 Å². The van der Waals surface area contributed by atoms with Gasteiger partial charge in [0.1, 0.15) is 11.5 Å². The number of hydrogen-bond donors (Lipinski definition) is 0. The third-order valence-corrected chi connectivity index (χ3v) is 11.2. The maximum atomic E-state index is 5.87. The molecule has 0 amide bonds. The average Bonchev–Trinajstić information content (AvgIpc) is 2.64. The van der Waals surface area contributed by atoms with Gasteiger partial charge in [-0.2, -0.15) is 0 Å². The third-order valence-electron chi connectivity index (χ3n) is 5.33. The molecule has 0 saturated carbocycles. The van der Waals surface area contributed by atoms with E-state index in [0.717, 1.165) is 6.04 Å². The zero-order valence-corrected chi connectivity index (χ0v) is 21.0. The highest BCUT2D eigenvalue weighted by atomic mass is 35.5. The van der Waals surface area contributed by atoms with E-state index in [-0.39, 0.29) is 12.4 Å². The largest absolute Gasteiger partial charge is 1.00 e. The third kappa shape index (κ3) is 15.8. The second kappa shape index (κ2) is 20.5. The molecule has 0 aromatic rings. The lowest BCUT2D eigenvalue weighted by Gasteiger charge is -2.26. The van der Waals surface area contributed by atoms with Crippen LogP contribution in [0.3, 0.4) is 0 Å². The normalized spacial score (nSPS) is 12.8. The van der Waals surface area contributed by atoms with Crippen LogP contribution >= 0.6 is 0 Å². The molecule has 0 aromatic heterocycles. The molecule has 0 aliphatic rings. The summed E-state index contributed by atoms with van der Waals surface area (Å²) in [6.07, 6.45) is 19.2. The average molecular weight is 427 g/mol. The van der Waals surface area contributed by atoms with E-state index in [2.05, 4.69) is 20.1 Å². The van der Waals surface area contributed by atoms with Crippen molar-refractivity contribution in [1.29, 1.82) is 0 Å².